The average Bonchev–Trinajstić information content (AvgIpc) is 3.01. The molecule has 2 N–H and O–H groups in total. The Morgan fingerprint density at radius 1 is 1.22 bits per heavy atom. The molecule has 2 amide bonds. The third-order valence-electron chi connectivity index (χ3n) is 3.90. The average molecular weight is 407 g/mol. The number of nitrogens with zero attached hydrogens (tertiary/aromatic N) is 4. The van der Waals surface area contributed by atoms with Crippen LogP contribution in [0, 0.1) is 0 Å². The summed E-state index contributed by atoms with van der Waals surface area (Å²) in [6.45, 7) is -0.0518. The molecule has 1 unspecified atom stereocenters. The third kappa shape index (κ3) is 3.55. The van der Waals surface area contributed by atoms with Gasteiger partial charge in [-0.15, -0.1) is 0 Å². The molecule has 1 aromatic carbocycles. The van der Waals surface area contributed by atoms with Crippen molar-refractivity contribution in [3.63, 3.8) is 0 Å². The predicted octanol–water partition coefficient (Wildman–Crippen LogP) is 3.71. The van der Waals surface area contributed by atoms with E-state index in [1.165, 1.54) is 13.3 Å². The number of benzene rings is 1. The van der Waals surface area contributed by atoms with Gasteiger partial charge in [0.05, 0.1) is 12.7 Å². The zero-order valence-corrected chi connectivity index (χ0v) is 15.6. The van der Waals surface area contributed by atoms with Crippen LogP contribution >= 0.6 is 23.2 Å². The number of esters is 1. The molecule has 0 spiro atoms. The summed E-state index contributed by atoms with van der Waals surface area (Å²) in [5.41, 5.74) is 6.77. The van der Waals surface area contributed by atoms with E-state index in [0.29, 0.717) is 21.2 Å². The van der Waals surface area contributed by atoms with Gasteiger partial charge in [0.15, 0.2) is 0 Å². The largest absolute Gasteiger partial charge is 0.464 e. The predicted molar refractivity (Wildman–Crippen MR) is 98.0 cm³/mol. The molecule has 3 rings (SSSR count). The fraction of sp³-hybridized carbons (Fsp3) is 0.118. The fourth-order valence-electron chi connectivity index (χ4n) is 2.78. The number of methoxy groups -OCH3 is 1. The second kappa shape index (κ2) is 7.43. The van der Waals surface area contributed by atoms with Crippen LogP contribution in [0.1, 0.15) is 11.1 Å². The molecule has 1 atom stereocenters. The van der Waals surface area contributed by atoms with Crippen LogP contribution in [-0.4, -0.2) is 28.7 Å². The highest BCUT2D eigenvalue weighted by Crippen LogP contribution is 2.40. The summed E-state index contributed by atoms with van der Waals surface area (Å²) in [7, 11) is 1.21. The van der Waals surface area contributed by atoms with Gasteiger partial charge in [0.2, 0.25) is 11.4 Å². The summed E-state index contributed by atoms with van der Waals surface area (Å²) in [4.78, 5) is 28.8. The molecule has 2 aromatic rings. The molecule has 0 bridgehead atoms. The lowest BCUT2D eigenvalue weighted by atomic mass is 10.1. The summed E-state index contributed by atoms with van der Waals surface area (Å²) < 4.78 is 3.99. The molecule has 0 fully saturated rings. The van der Waals surface area contributed by atoms with Gasteiger partial charge in [0.1, 0.15) is 6.54 Å². The van der Waals surface area contributed by atoms with Crippen molar-refractivity contribution in [2.75, 3.05) is 7.11 Å². The van der Waals surface area contributed by atoms with Crippen molar-refractivity contribution in [1.82, 2.24) is 4.98 Å². The molecule has 0 saturated carbocycles. The van der Waals surface area contributed by atoms with E-state index in [2.05, 4.69) is 15.3 Å². The smallest absolute Gasteiger partial charge is 0.447 e. The number of halogens is 2. The number of rotatable bonds is 4. The van der Waals surface area contributed by atoms with Gasteiger partial charge in [-0.3, -0.25) is 4.98 Å². The third-order valence-corrected chi connectivity index (χ3v) is 4.34. The van der Waals surface area contributed by atoms with Crippen molar-refractivity contribution >= 4 is 40.9 Å². The van der Waals surface area contributed by atoms with E-state index in [1.807, 2.05) is 0 Å². The molecule has 0 aliphatic carbocycles. The molecule has 1 aliphatic heterocycles. The monoisotopic (exact) mass is 406 g/mol. The SMILES string of the molecule is COC(=O)C1=C(c2cccnc2)[N+](Cc2cc(Cl)cc(Cl)c2)(C(N)=O)N=N1. The Morgan fingerprint density at radius 2 is 1.93 bits per heavy atom. The van der Waals surface area contributed by atoms with Crippen molar-refractivity contribution in [2.45, 2.75) is 6.54 Å². The summed E-state index contributed by atoms with van der Waals surface area (Å²) >= 11 is 12.1. The number of hydrogen-bond donors (Lipinski definition) is 1. The normalized spacial score (nSPS) is 18.6. The van der Waals surface area contributed by atoms with Crippen LogP contribution in [0.5, 0.6) is 0 Å². The van der Waals surface area contributed by atoms with Crippen LogP contribution in [0.15, 0.2) is 58.8 Å². The van der Waals surface area contributed by atoms with Crippen molar-refractivity contribution in [1.29, 1.82) is 0 Å². The Labute approximate surface area is 164 Å². The van der Waals surface area contributed by atoms with Gasteiger partial charge in [0, 0.05) is 33.2 Å². The maximum Gasteiger partial charge on any atom is 0.447 e. The first-order valence-corrected chi connectivity index (χ1v) is 8.43. The van der Waals surface area contributed by atoms with Crippen LogP contribution in [0.2, 0.25) is 10.0 Å². The summed E-state index contributed by atoms with van der Waals surface area (Å²) in [5.74, 6) is -0.747. The van der Waals surface area contributed by atoms with Crippen molar-refractivity contribution in [3.05, 3.63) is 69.6 Å². The first-order chi connectivity index (χ1) is 12.9. The van der Waals surface area contributed by atoms with E-state index in [4.69, 9.17) is 33.7 Å². The first kappa shape index (κ1) is 19.0. The molecule has 0 radical (unpaired) electrons. The van der Waals surface area contributed by atoms with Gasteiger partial charge in [-0.05, 0) is 30.3 Å². The molecule has 138 valence electrons. The summed E-state index contributed by atoms with van der Waals surface area (Å²) in [6, 6.07) is 7.30. The summed E-state index contributed by atoms with van der Waals surface area (Å²) in [5, 5.41) is 8.69. The number of hydrogen-bond acceptors (Lipinski definition) is 6. The number of carbonyl (C=O) groups is 2. The Kier molecular flexibility index (Phi) is 5.22. The topological polar surface area (TPSA) is 107 Å². The minimum atomic E-state index is -0.840. The first-order valence-electron chi connectivity index (χ1n) is 7.67. The van der Waals surface area contributed by atoms with Gasteiger partial charge in [-0.1, -0.05) is 32.9 Å². The second-order valence-electron chi connectivity index (χ2n) is 5.66. The molecular formula is C17H14Cl2N5O3+. The fourth-order valence-corrected chi connectivity index (χ4v) is 3.36. The quantitative estimate of drug-likeness (QED) is 0.616. The molecular weight excluding hydrogens is 393 g/mol. The van der Waals surface area contributed by atoms with E-state index in [0.717, 1.165) is 0 Å². The van der Waals surface area contributed by atoms with Gasteiger partial charge in [0.25, 0.3) is 0 Å². The van der Waals surface area contributed by atoms with Crippen LogP contribution in [0.3, 0.4) is 0 Å². The van der Waals surface area contributed by atoms with Crippen molar-refractivity contribution < 1.29 is 18.9 Å². The maximum absolute atomic E-state index is 12.5. The number of quaternary nitrogens is 1. The number of ether oxygens (including phenoxy) is 1. The number of primary amides is 1. The van der Waals surface area contributed by atoms with Gasteiger partial charge in [-0.25, -0.2) is 9.59 Å². The Bertz CT molecular complexity index is 958. The lowest BCUT2D eigenvalue weighted by Crippen LogP contribution is -2.48. The minimum absolute atomic E-state index is 0.0518. The van der Waals surface area contributed by atoms with E-state index >= 15 is 0 Å². The minimum Gasteiger partial charge on any atom is -0.464 e. The highest BCUT2D eigenvalue weighted by molar-refractivity contribution is 6.34. The van der Waals surface area contributed by atoms with E-state index < -0.39 is 16.6 Å². The van der Waals surface area contributed by atoms with Crippen molar-refractivity contribution in [3.8, 4) is 0 Å². The number of amides is 2. The molecule has 0 saturated heterocycles. The highest BCUT2D eigenvalue weighted by Gasteiger charge is 2.50. The lowest BCUT2D eigenvalue weighted by Gasteiger charge is -2.24. The van der Waals surface area contributed by atoms with Gasteiger partial charge >= 0.3 is 12.0 Å². The Hall–Kier alpha value is -2.81. The molecule has 1 aliphatic rings. The highest BCUT2D eigenvalue weighted by atomic mass is 35.5. The second-order valence-corrected chi connectivity index (χ2v) is 6.54. The number of nitrogens with two attached hydrogens (primary N) is 1. The van der Waals surface area contributed by atoms with Crippen molar-refractivity contribution in [2.24, 2.45) is 16.1 Å². The number of urea groups is 1. The van der Waals surface area contributed by atoms with Crippen LogP contribution in [-0.2, 0) is 16.1 Å². The maximum atomic E-state index is 12.5. The lowest BCUT2D eigenvalue weighted by molar-refractivity contribution is -0.799. The van der Waals surface area contributed by atoms with Crippen LogP contribution < -0.4 is 5.73 Å². The molecule has 10 heteroatoms. The molecule has 2 heterocycles. The number of aromatic nitrogens is 1. The Balaban J connectivity index is 2.21. The molecule has 27 heavy (non-hydrogen) atoms. The zero-order valence-electron chi connectivity index (χ0n) is 14.1. The number of pyridine rings is 1. The van der Waals surface area contributed by atoms with E-state index in [1.54, 1.807) is 36.5 Å². The van der Waals surface area contributed by atoms with Gasteiger partial charge in [-0.2, -0.15) is 0 Å². The van der Waals surface area contributed by atoms with Gasteiger partial charge < -0.3 is 10.5 Å². The Morgan fingerprint density at radius 3 is 2.48 bits per heavy atom. The van der Waals surface area contributed by atoms with E-state index in [-0.39, 0.29) is 17.9 Å². The standard InChI is InChI=1S/C17H13Cl2N5O3/c1-27-16(25)14-15(11-3-2-4-21-8-11)24(17(20)26,23-22-14)9-10-5-12(18)7-13(19)6-10/h2-8H,9H2,1H3,(H-,20,26)/p+1. The molecule has 1 aromatic heterocycles. The van der Waals surface area contributed by atoms with E-state index in [9.17, 15) is 9.59 Å². The zero-order chi connectivity index (χ0) is 19.6. The van der Waals surface area contributed by atoms with Crippen LogP contribution in [0.4, 0.5) is 4.79 Å². The van der Waals surface area contributed by atoms with Crippen LogP contribution in [0.25, 0.3) is 5.70 Å². The summed E-state index contributed by atoms with van der Waals surface area (Å²) in [6.07, 6.45) is 3.04. The molecule has 8 nitrogen and oxygen atoms in total. The number of carbonyl (C=O) groups excluding carboxylic acids is 2.